The van der Waals surface area contributed by atoms with E-state index in [1.807, 2.05) is 5.32 Å². The second-order valence-corrected chi connectivity index (χ2v) is 6.57. The van der Waals surface area contributed by atoms with E-state index in [1.165, 1.54) is 6.92 Å². The topological polar surface area (TPSA) is 249 Å². The number of nitrogens with one attached hydrogen (secondary N) is 3. The summed E-state index contributed by atoms with van der Waals surface area (Å²) in [4.78, 5) is 58.2. The Kier molecular flexibility index (Phi) is 11.5. The maximum absolute atomic E-state index is 12.3. The molecule has 0 radical (unpaired) electrons. The highest BCUT2D eigenvalue weighted by Crippen LogP contribution is 2.02. The molecule has 0 saturated carbocycles. The number of hydrogen-bond acceptors (Lipinski definition) is 9. The standard InChI is InChI=1S/C16H28N4O10/c1-6(22)11(17)14(27)19-9(5-21)13(26)20-12(7(2)23)15(28)18-8(16(29)30)3-4-10(24)25/h6-9,11-12,21-23H,3-5,17H2,1-2H3,(H,18,28)(H,19,27)(H,20,26)(H,24,25)(H,29,30). The number of hydrogen-bond donors (Lipinski definition) is 9. The van der Waals surface area contributed by atoms with Gasteiger partial charge in [0.2, 0.25) is 17.7 Å². The molecule has 0 aliphatic carbocycles. The van der Waals surface area contributed by atoms with Crippen molar-refractivity contribution in [1.82, 2.24) is 16.0 Å². The van der Waals surface area contributed by atoms with Crippen molar-refractivity contribution in [1.29, 1.82) is 0 Å². The summed E-state index contributed by atoms with van der Waals surface area (Å²) in [6, 6.07) is -6.25. The first-order valence-corrected chi connectivity index (χ1v) is 8.90. The molecule has 0 heterocycles. The minimum absolute atomic E-state index is 0.441. The molecule has 0 aliphatic rings. The van der Waals surface area contributed by atoms with E-state index in [-0.39, 0.29) is 0 Å². The lowest BCUT2D eigenvalue weighted by molar-refractivity contribution is -0.144. The lowest BCUT2D eigenvalue weighted by Gasteiger charge is -2.26. The predicted octanol–water partition coefficient (Wildman–Crippen LogP) is -4.53. The number of rotatable bonds is 13. The van der Waals surface area contributed by atoms with Gasteiger partial charge in [0.05, 0.1) is 18.8 Å². The van der Waals surface area contributed by atoms with E-state index < -0.39 is 85.5 Å². The van der Waals surface area contributed by atoms with Gasteiger partial charge >= 0.3 is 11.9 Å². The Morgan fingerprint density at radius 3 is 1.77 bits per heavy atom. The molecule has 0 aliphatic heterocycles. The van der Waals surface area contributed by atoms with Crippen molar-refractivity contribution in [2.24, 2.45) is 5.73 Å². The van der Waals surface area contributed by atoms with Gasteiger partial charge in [-0.05, 0) is 20.3 Å². The van der Waals surface area contributed by atoms with Crippen molar-refractivity contribution in [3.8, 4) is 0 Å². The number of nitrogens with two attached hydrogens (primary N) is 1. The fourth-order valence-electron chi connectivity index (χ4n) is 2.13. The minimum atomic E-state index is -1.68. The molecule has 0 saturated heterocycles. The van der Waals surface area contributed by atoms with Crippen LogP contribution in [0.3, 0.4) is 0 Å². The molecule has 14 heteroatoms. The maximum atomic E-state index is 12.3. The lowest BCUT2D eigenvalue weighted by Crippen LogP contribution is -2.61. The second kappa shape index (κ2) is 12.7. The smallest absolute Gasteiger partial charge is 0.326 e. The SMILES string of the molecule is CC(O)C(N)C(=O)NC(CO)C(=O)NC(C(=O)NC(CCC(=O)O)C(=O)O)C(C)O. The lowest BCUT2D eigenvalue weighted by atomic mass is 10.1. The monoisotopic (exact) mass is 436 g/mol. The number of aliphatic hydroxyl groups is 3. The van der Waals surface area contributed by atoms with Crippen LogP contribution in [0.1, 0.15) is 26.7 Å². The highest BCUT2D eigenvalue weighted by molar-refractivity contribution is 5.94. The molecule has 6 unspecified atom stereocenters. The third-order valence-electron chi connectivity index (χ3n) is 3.96. The average Bonchev–Trinajstić information content (AvgIpc) is 2.65. The maximum Gasteiger partial charge on any atom is 0.326 e. The van der Waals surface area contributed by atoms with E-state index in [9.17, 15) is 39.3 Å². The van der Waals surface area contributed by atoms with Gasteiger partial charge in [0, 0.05) is 6.42 Å². The van der Waals surface area contributed by atoms with Crippen molar-refractivity contribution in [3.05, 3.63) is 0 Å². The summed E-state index contributed by atoms with van der Waals surface area (Å²) >= 11 is 0. The third kappa shape index (κ3) is 9.13. The number of aliphatic hydroxyl groups excluding tert-OH is 3. The van der Waals surface area contributed by atoms with Gasteiger partial charge in [-0.1, -0.05) is 0 Å². The summed E-state index contributed by atoms with van der Waals surface area (Å²) in [5, 5.41) is 52.3. The van der Waals surface area contributed by atoms with Gasteiger partial charge in [0.15, 0.2) is 0 Å². The van der Waals surface area contributed by atoms with Crippen molar-refractivity contribution in [2.45, 2.75) is 63.1 Å². The van der Waals surface area contributed by atoms with E-state index in [0.717, 1.165) is 6.92 Å². The molecule has 10 N–H and O–H groups in total. The number of amides is 3. The highest BCUT2D eigenvalue weighted by Gasteiger charge is 2.33. The van der Waals surface area contributed by atoms with Crippen LogP contribution in [-0.4, -0.2) is 98.2 Å². The van der Waals surface area contributed by atoms with Gasteiger partial charge in [-0.2, -0.15) is 0 Å². The summed E-state index contributed by atoms with van der Waals surface area (Å²) in [6.07, 6.45) is -3.76. The Balaban J connectivity index is 5.20. The van der Waals surface area contributed by atoms with Gasteiger partial charge < -0.3 is 47.2 Å². The summed E-state index contributed by atoms with van der Waals surface area (Å²) in [5.74, 6) is -5.99. The molecule has 3 amide bonds. The Morgan fingerprint density at radius 1 is 0.833 bits per heavy atom. The molecule has 14 nitrogen and oxygen atoms in total. The zero-order valence-electron chi connectivity index (χ0n) is 16.4. The molecule has 0 aromatic rings. The van der Waals surface area contributed by atoms with E-state index in [0.29, 0.717) is 0 Å². The molecule has 0 aromatic heterocycles. The van der Waals surface area contributed by atoms with Crippen LogP contribution in [0, 0.1) is 0 Å². The van der Waals surface area contributed by atoms with Crippen LogP contribution in [0.4, 0.5) is 0 Å². The van der Waals surface area contributed by atoms with Gasteiger partial charge in [0.1, 0.15) is 24.2 Å². The fraction of sp³-hybridized carbons (Fsp3) is 0.688. The van der Waals surface area contributed by atoms with Crippen LogP contribution >= 0.6 is 0 Å². The summed E-state index contributed by atoms with van der Waals surface area (Å²) in [6.45, 7) is 1.44. The first-order valence-electron chi connectivity index (χ1n) is 8.90. The van der Waals surface area contributed by atoms with Gasteiger partial charge in [0.25, 0.3) is 0 Å². The van der Waals surface area contributed by atoms with Crippen molar-refractivity contribution < 1.29 is 49.5 Å². The normalized spacial score (nSPS) is 16.9. The molecule has 0 fully saturated rings. The average molecular weight is 436 g/mol. The van der Waals surface area contributed by atoms with E-state index in [2.05, 4.69) is 10.6 Å². The Hall–Kier alpha value is -2.81. The van der Waals surface area contributed by atoms with Crippen LogP contribution in [0.2, 0.25) is 0 Å². The molecule has 6 atom stereocenters. The molecule has 0 spiro atoms. The van der Waals surface area contributed by atoms with Crippen LogP contribution in [-0.2, 0) is 24.0 Å². The summed E-state index contributed by atoms with van der Waals surface area (Å²) < 4.78 is 0. The van der Waals surface area contributed by atoms with Crippen molar-refractivity contribution in [3.63, 3.8) is 0 Å². The predicted molar refractivity (Wildman–Crippen MR) is 98.7 cm³/mol. The Labute approximate surface area is 171 Å². The van der Waals surface area contributed by atoms with Crippen LogP contribution < -0.4 is 21.7 Å². The molecule has 0 rings (SSSR count). The number of carbonyl (C=O) groups is 5. The Morgan fingerprint density at radius 2 is 1.37 bits per heavy atom. The zero-order chi connectivity index (χ0) is 23.6. The van der Waals surface area contributed by atoms with E-state index in [4.69, 9.17) is 15.9 Å². The molecule has 30 heavy (non-hydrogen) atoms. The minimum Gasteiger partial charge on any atom is -0.481 e. The summed E-state index contributed by atoms with van der Waals surface area (Å²) in [5.41, 5.74) is 5.42. The number of aliphatic carboxylic acids is 2. The molecular weight excluding hydrogens is 408 g/mol. The highest BCUT2D eigenvalue weighted by atomic mass is 16.4. The number of carboxylic acid groups (broad SMARTS) is 2. The van der Waals surface area contributed by atoms with Crippen LogP contribution in [0.25, 0.3) is 0 Å². The van der Waals surface area contributed by atoms with Crippen LogP contribution in [0.5, 0.6) is 0 Å². The number of carbonyl (C=O) groups excluding carboxylic acids is 3. The molecular formula is C16H28N4O10. The summed E-state index contributed by atoms with van der Waals surface area (Å²) in [7, 11) is 0. The molecule has 172 valence electrons. The first-order chi connectivity index (χ1) is 13.8. The second-order valence-electron chi connectivity index (χ2n) is 6.57. The van der Waals surface area contributed by atoms with Crippen molar-refractivity contribution >= 4 is 29.7 Å². The first kappa shape index (κ1) is 27.2. The number of carboxylic acids is 2. The van der Waals surface area contributed by atoms with E-state index >= 15 is 0 Å². The molecule has 0 aromatic carbocycles. The van der Waals surface area contributed by atoms with Gasteiger partial charge in [-0.3, -0.25) is 19.2 Å². The fourth-order valence-corrected chi connectivity index (χ4v) is 2.13. The van der Waals surface area contributed by atoms with Crippen molar-refractivity contribution in [2.75, 3.05) is 6.61 Å². The van der Waals surface area contributed by atoms with Gasteiger partial charge in [-0.25, -0.2) is 4.79 Å². The quantitative estimate of drug-likeness (QED) is 0.133. The van der Waals surface area contributed by atoms with Crippen LogP contribution in [0.15, 0.2) is 0 Å². The Bertz CT molecular complexity index is 640. The third-order valence-corrected chi connectivity index (χ3v) is 3.96. The largest absolute Gasteiger partial charge is 0.481 e. The van der Waals surface area contributed by atoms with Gasteiger partial charge in [-0.15, -0.1) is 0 Å². The van der Waals surface area contributed by atoms with E-state index in [1.54, 1.807) is 0 Å². The zero-order valence-corrected chi connectivity index (χ0v) is 16.4. The molecule has 0 bridgehead atoms.